The molecular formula is C19H13ClN6O2. The number of pyridine rings is 1. The van der Waals surface area contributed by atoms with E-state index in [0.717, 1.165) is 16.5 Å². The Morgan fingerprint density at radius 3 is 2.86 bits per heavy atom. The fourth-order valence-electron chi connectivity index (χ4n) is 2.93. The summed E-state index contributed by atoms with van der Waals surface area (Å²) < 4.78 is 4.88. The van der Waals surface area contributed by atoms with Crippen LogP contribution in [0.1, 0.15) is 27.2 Å². The number of aromatic nitrogens is 4. The van der Waals surface area contributed by atoms with Gasteiger partial charge in [-0.2, -0.15) is 10.4 Å². The van der Waals surface area contributed by atoms with E-state index in [1.165, 1.54) is 6.26 Å². The maximum atomic E-state index is 12.8. The molecular weight excluding hydrogens is 380 g/mol. The molecule has 4 rings (SSSR count). The lowest BCUT2D eigenvalue weighted by Gasteiger charge is -2.11. The largest absolute Gasteiger partial charge is 0.364 e. The number of H-pyrrole nitrogens is 1. The third kappa shape index (κ3) is 2.88. The van der Waals surface area contributed by atoms with Crippen molar-refractivity contribution in [2.45, 2.75) is 13.8 Å². The molecule has 0 saturated carbocycles. The molecule has 2 N–H and O–H groups in total. The van der Waals surface area contributed by atoms with Crippen molar-refractivity contribution in [3.8, 4) is 17.3 Å². The minimum Gasteiger partial charge on any atom is -0.364 e. The molecule has 0 unspecified atom stereocenters. The Bertz CT molecular complexity index is 1250. The summed E-state index contributed by atoms with van der Waals surface area (Å²) >= 11 is 6.05. The van der Waals surface area contributed by atoms with Crippen LogP contribution in [-0.2, 0) is 0 Å². The number of amides is 1. The van der Waals surface area contributed by atoms with Crippen molar-refractivity contribution >= 4 is 34.1 Å². The fraction of sp³-hybridized carbons (Fsp3) is 0.105. The number of carbonyl (C=O) groups excluding carboxylic acids is 1. The zero-order valence-electron chi connectivity index (χ0n) is 14.9. The zero-order valence-corrected chi connectivity index (χ0v) is 15.6. The van der Waals surface area contributed by atoms with E-state index in [2.05, 4.69) is 25.7 Å². The third-order valence-corrected chi connectivity index (χ3v) is 4.84. The minimum absolute atomic E-state index is 0.00998. The lowest BCUT2D eigenvalue weighted by Crippen LogP contribution is -2.17. The molecule has 3 aromatic heterocycles. The normalized spacial score (nSPS) is 10.8. The summed E-state index contributed by atoms with van der Waals surface area (Å²) in [7, 11) is 0. The molecule has 0 atom stereocenters. The van der Waals surface area contributed by atoms with E-state index >= 15 is 0 Å². The van der Waals surface area contributed by atoms with Crippen molar-refractivity contribution in [2.75, 3.05) is 5.32 Å². The number of nitrogens with one attached hydrogen (secondary N) is 2. The van der Waals surface area contributed by atoms with E-state index in [0.29, 0.717) is 22.5 Å². The first-order chi connectivity index (χ1) is 13.5. The van der Waals surface area contributed by atoms with Gasteiger partial charge in [-0.05, 0) is 43.2 Å². The molecule has 0 bridgehead atoms. The van der Waals surface area contributed by atoms with Gasteiger partial charge in [-0.25, -0.2) is 4.98 Å². The van der Waals surface area contributed by atoms with Crippen molar-refractivity contribution < 1.29 is 9.32 Å². The van der Waals surface area contributed by atoms with Gasteiger partial charge >= 0.3 is 0 Å². The number of rotatable bonds is 3. The second-order valence-electron chi connectivity index (χ2n) is 6.19. The van der Waals surface area contributed by atoms with Crippen molar-refractivity contribution in [2.24, 2.45) is 0 Å². The van der Waals surface area contributed by atoms with Gasteiger partial charge in [0, 0.05) is 11.1 Å². The van der Waals surface area contributed by atoms with Gasteiger partial charge in [0.25, 0.3) is 5.91 Å². The van der Waals surface area contributed by atoms with Crippen LogP contribution in [0.4, 0.5) is 5.69 Å². The maximum Gasteiger partial charge on any atom is 0.274 e. The predicted octanol–water partition coefficient (Wildman–Crippen LogP) is 4.01. The van der Waals surface area contributed by atoms with Gasteiger partial charge in [0.05, 0.1) is 22.8 Å². The minimum atomic E-state index is -0.415. The summed E-state index contributed by atoms with van der Waals surface area (Å²) in [6, 6.07) is 7.37. The van der Waals surface area contributed by atoms with E-state index < -0.39 is 5.91 Å². The summed E-state index contributed by atoms with van der Waals surface area (Å²) in [5.74, 6) is -0.415. The average Bonchev–Trinajstić information content (AvgIpc) is 3.34. The predicted molar refractivity (Wildman–Crippen MR) is 103 cm³/mol. The Morgan fingerprint density at radius 2 is 2.14 bits per heavy atom. The van der Waals surface area contributed by atoms with Gasteiger partial charge in [0.15, 0.2) is 0 Å². The molecule has 0 aliphatic carbocycles. The number of nitriles is 1. The molecule has 8 nitrogen and oxygen atoms in total. The number of benzene rings is 1. The van der Waals surface area contributed by atoms with Crippen LogP contribution < -0.4 is 5.32 Å². The summed E-state index contributed by atoms with van der Waals surface area (Å²) in [4.78, 5) is 16.9. The Balaban J connectivity index is 1.70. The molecule has 3 heterocycles. The molecule has 0 radical (unpaired) electrons. The summed E-state index contributed by atoms with van der Waals surface area (Å²) in [5.41, 5.74) is 4.44. The highest BCUT2D eigenvalue weighted by Gasteiger charge is 2.19. The van der Waals surface area contributed by atoms with Crippen LogP contribution in [0.15, 0.2) is 35.2 Å². The molecule has 0 aliphatic heterocycles. The first-order valence-corrected chi connectivity index (χ1v) is 8.63. The van der Waals surface area contributed by atoms with E-state index in [-0.39, 0.29) is 16.4 Å². The second kappa shape index (κ2) is 6.79. The molecule has 0 aliphatic rings. The van der Waals surface area contributed by atoms with Crippen LogP contribution in [0.5, 0.6) is 0 Å². The number of anilines is 1. The lowest BCUT2D eigenvalue weighted by molar-refractivity contribution is 0.102. The molecule has 0 fully saturated rings. The van der Waals surface area contributed by atoms with Crippen LogP contribution in [0.2, 0.25) is 5.15 Å². The van der Waals surface area contributed by atoms with Crippen LogP contribution >= 0.6 is 11.6 Å². The van der Waals surface area contributed by atoms with Gasteiger partial charge in [-0.1, -0.05) is 16.8 Å². The number of hydrogen-bond donors (Lipinski definition) is 2. The second-order valence-corrected chi connectivity index (χ2v) is 6.55. The van der Waals surface area contributed by atoms with Crippen molar-refractivity contribution in [1.29, 1.82) is 5.26 Å². The molecule has 1 aromatic carbocycles. The molecule has 9 heteroatoms. The number of halogens is 1. The number of aromatic amines is 1. The highest BCUT2D eigenvalue weighted by molar-refractivity contribution is 6.31. The molecule has 1 amide bonds. The van der Waals surface area contributed by atoms with Crippen LogP contribution in [-0.4, -0.2) is 26.2 Å². The van der Waals surface area contributed by atoms with Gasteiger partial charge in [-0.3, -0.25) is 9.89 Å². The Morgan fingerprint density at radius 1 is 1.32 bits per heavy atom. The van der Waals surface area contributed by atoms with Gasteiger partial charge in [0.1, 0.15) is 28.9 Å². The van der Waals surface area contributed by atoms with E-state index in [9.17, 15) is 10.1 Å². The van der Waals surface area contributed by atoms with Crippen LogP contribution in [0, 0.1) is 25.2 Å². The van der Waals surface area contributed by atoms with Crippen LogP contribution in [0.25, 0.3) is 22.2 Å². The number of carbonyl (C=O) groups is 1. The zero-order chi connectivity index (χ0) is 19.8. The third-order valence-electron chi connectivity index (χ3n) is 4.56. The Labute approximate surface area is 164 Å². The average molecular weight is 393 g/mol. The first kappa shape index (κ1) is 17.7. The fourth-order valence-corrected chi connectivity index (χ4v) is 3.20. The first-order valence-electron chi connectivity index (χ1n) is 8.25. The van der Waals surface area contributed by atoms with E-state index in [4.69, 9.17) is 16.1 Å². The molecule has 138 valence electrons. The number of hydrogen-bond acceptors (Lipinski definition) is 6. The Kier molecular flexibility index (Phi) is 4.29. The standard InChI is InChI=1S/C19H13ClN6O2/c1-9-10(2)16(24-18(20)14(9)6-21)19(27)23-12-3-4-15-13(5-12)17(26-25-15)11-7-22-28-8-11/h3-5,7-8H,1-2H3,(H,23,27)(H,25,26). The van der Waals surface area contributed by atoms with Crippen molar-refractivity contribution in [3.05, 3.63) is 58.2 Å². The number of nitrogens with zero attached hydrogens (tertiary/aromatic N) is 4. The summed E-state index contributed by atoms with van der Waals surface area (Å²) in [6.45, 7) is 3.47. The van der Waals surface area contributed by atoms with Crippen molar-refractivity contribution in [1.82, 2.24) is 20.3 Å². The molecule has 28 heavy (non-hydrogen) atoms. The van der Waals surface area contributed by atoms with E-state index in [1.54, 1.807) is 32.2 Å². The summed E-state index contributed by atoms with van der Waals surface area (Å²) in [6.07, 6.45) is 3.06. The van der Waals surface area contributed by atoms with Gasteiger partial charge < -0.3 is 9.84 Å². The van der Waals surface area contributed by atoms with Crippen LogP contribution in [0.3, 0.4) is 0 Å². The molecule has 0 spiro atoms. The van der Waals surface area contributed by atoms with Gasteiger partial charge in [0.2, 0.25) is 0 Å². The maximum absolute atomic E-state index is 12.8. The topological polar surface area (TPSA) is 120 Å². The molecule has 4 aromatic rings. The monoisotopic (exact) mass is 392 g/mol. The molecule has 0 saturated heterocycles. The highest BCUT2D eigenvalue weighted by Crippen LogP contribution is 2.29. The lowest BCUT2D eigenvalue weighted by atomic mass is 10.0. The summed E-state index contributed by atoms with van der Waals surface area (Å²) in [5, 5.41) is 23.7. The quantitative estimate of drug-likeness (QED) is 0.508. The number of fused-ring (bicyclic) bond motifs is 1. The Hall–Kier alpha value is -3.70. The van der Waals surface area contributed by atoms with Gasteiger partial charge in [-0.15, -0.1) is 0 Å². The smallest absolute Gasteiger partial charge is 0.274 e. The SMILES string of the molecule is Cc1c(C(=O)Nc2ccc3[nH]nc(-c4cnoc4)c3c2)nc(Cl)c(C#N)c1C. The highest BCUT2D eigenvalue weighted by atomic mass is 35.5. The van der Waals surface area contributed by atoms with Crippen molar-refractivity contribution in [3.63, 3.8) is 0 Å². The van der Waals surface area contributed by atoms with E-state index in [1.807, 2.05) is 12.1 Å².